The van der Waals surface area contributed by atoms with Gasteiger partial charge in [-0.25, -0.2) is 0 Å². The molecule has 0 spiro atoms. The summed E-state index contributed by atoms with van der Waals surface area (Å²) in [6.07, 6.45) is 0.738. The molecule has 0 aromatic heterocycles. The van der Waals surface area contributed by atoms with Crippen molar-refractivity contribution in [1.82, 2.24) is 14.7 Å². The number of phenolic OH excluding ortho intramolecular Hbond substituents is 2. The summed E-state index contributed by atoms with van der Waals surface area (Å²) in [5.74, 6) is -0.0885. The highest BCUT2D eigenvalue weighted by Crippen LogP contribution is 2.44. The van der Waals surface area contributed by atoms with Crippen LogP contribution in [0, 0.1) is 0 Å². The highest BCUT2D eigenvalue weighted by Gasteiger charge is 2.35. The van der Waals surface area contributed by atoms with Gasteiger partial charge >= 0.3 is 0 Å². The lowest BCUT2D eigenvalue weighted by atomic mass is 9.95. The van der Waals surface area contributed by atoms with Gasteiger partial charge in [-0.2, -0.15) is 0 Å². The zero-order valence-electron chi connectivity index (χ0n) is 20.3. The molecule has 2 N–H and O–H groups in total. The molecule has 0 saturated heterocycles. The lowest BCUT2D eigenvalue weighted by Gasteiger charge is -2.24. The van der Waals surface area contributed by atoms with Gasteiger partial charge in [0, 0.05) is 37.8 Å². The molecule has 2 amide bonds. The van der Waals surface area contributed by atoms with Gasteiger partial charge in [-0.1, -0.05) is 30.3 Å². The van der Waals surface area contributed by atoms with Crippen LogP contribution in [-0.4, -0.2) is 64.5 Å². The topological polar surface area (TPSA) is 93.6 Å². The molecule has 0 bridgehead atoms. The van der Waals surface area contributed by atoms with Crippen molar-refractivity contribution in [2.75, 3.05) is 27.2 Å². The quantitative estimate of drug-likeness (QED) is 0.497. The Labute approximate surface area is 209 Å². The van der Waals surface area contributed by atoms with Gasteiger partial charge in [0.05, 0.1) is 11.6 Å². The molecule has 2 aliphatic heterocycles. The number of fused-ring (bicyclic) bond motifs is 2. The van der Waals surface area contributed by atoms with Crippen LogP contribution < -0.4 is 4.74 Å². The van der Waals surface area contributed by atoms with Gasteiger partial charge < -0.3 is 29.6 Å². The Morgan fingerprint density at radius 1 is 0.972 bits per heavy atom. The van der Waals surface area contributed by atoms with E-state index in [2.05, 4.69) is 0 Å². The molecule has 36 heavy (non-hydrogen) atoms. The number of aromatic hydroxyl groups is 2. The van der Waals surface area contributed by atoms with Crippen molar-refractivity contribution in [2.24, 2.45) is 0 Å². The molecule has 2 aliphatic rings. The van der Waals surface area contributed by atoms with E-state index in [0.717, 1.165) is 35.2 Å². The van der Waals surface area contributed by atoms with E-state index in [9.17, 15) is 19.8 Å². The van der Waals surface area contributed by atoms with Gasteiger partial charge in [0.15, 0.2) is 0 Å². The standard InChI is InChI=1S/C28H29N3O5/c1-29(2)9-10-36-21-7-8-22-20(11-21)16-31(17-32)27(22)23-12-24(26(34)13-25(23)33)28(35)30-14-18-5-3-4-6-19(18)15-30/h3-8,11-13,17,27,33-34H,9-10,14-16H2,1-2H3. The summed E-state index contributed by atoms with van der Waals surface area (Å²) in [5.41, 5.74) is 4.38. The predicted molar refractivity (Wildman–Crippen MR) is 134 cm³/mol. The highest BCUT2D eigenvalue weighted by molar-refractivity contribution is 5.97. The molecule has 8 nitrogen and oxygen atoms in total. The van der Waals surface area contributed by atoms with E-state index >= 15 is 0 Å². The van der Waals surface area contributed by atoms with Crippen LogP contribution in [0.25, 0.3) is 0 Å². The van der Waals surface area contributed by atoms with Gasteiger partial charge in [0.2, 0.25) is 6.41 Å². The van der Waals surface area contributed by atoms with Crippen LogP contribution in [0.15, 0.2) is 54.6 Å². The average Bonchev–Trinajstić information content (AvgIpc) is 3.45. The smallest absolute Gasteiger partial charge is 0.258 e. The average molecular weight is 488 g/mol. The maximum atomic E-state index is 13.4. The van der Waals surface area contributed by atoms with Crippen LogP contribution in [0.4, 0.5) is 0 Å². The first-order chi connectivity index (χ1) is 17.4. The number of carbonyl (C=O) groups excluding carboxylic acids is 2. The van der Waals surface area contributed by atoms with Crippen LogP contribution >= 0.6 is 0 Å². The molecule has 2 heterocycles. The molecule has 1 unspecified atom stereocenters. The maximum absolute atomic E-state index is 13.4. The normalized spacial score (nSPS) is 16.2. The van der Waals surface area contributed by atoms with Crippen molar-refractivity contribution < 1.29 is 24.5 Å². The minimum atomic E-state index is -0.587. The third-order valence-electron chi connectivity index (χ3n) is 6.83. The minimum Gasteiger partial charge on any atom is -0.507 e. The number of rotatable bonds is 7. The van der Waals surface area contributed by atoms with Crippen LogP contribution in [0.3, 0.4) is 0 Å². The van der Waals surface area contributed by atoms with E-state index in [0.29, 0.717) is 37.6 Å². The second kappa shape index (κ2) is 9.54. The molecule has 3 aromatic rings. The fourth-order valence-electron chi connectivity index (χ4n) is 4.96. The highest BCUT2D eigenvalue weighted by atomic mass is 16.5. The van der Waals surface area contributed by atoms with Crippen LogP contribution in [0.5, 0.6) is 17.2 Å². The van der Waals surface area contributed by atoms with Crippen LogP contribution in [-0.2, 0) is 24.4 Å². The van der Waals surface area contributed by atoms with Crippen molar-refractivity contribution in [3.05, 3.63) is 88.0 Å². The lowest BCUT2D eigenvalue weighted by Crippen LogP contribution is -2.26. The summed E-state index contributed by atoms with van der Waals surface area (Å²) in [7, 11) is 3.95. The third kappa shape index (κ3) is 4.35. The first-order valence-electron chi connectivity index (χ1n) is 11.9. The number of likely N-dealkylation sites (N-methyl/N-ethyl adjacent to an activating group) is 1. The molecule has 0 aliphatic carbocycles. The Morgan fingerprint density at radius 2 is 1.69 bits per heavy atom. The first kappa shape index (κ1) is 23.7. The van der Waals surface area contributed by atoms with Gasteiger partial charge in [0.1, 0.15) is 23.9 Å². The molecular weight excluding hydrogens is 458 g/mol. The van der Waals surface area contributed by atoms with E-state index < -0.39 is 6.04 Å². The fourth-order valence-corrected chi connectivity index (χ4v) is 4.96. The van der Waals surface area contributed by atoms with E-state index in [4.69, 9.17) is 4.74 Å². The summed E-state index contributed by atoms with van der Waals surface area (Å²) in [5, 5.41) is 21.3. The lowest BCUT2D eigenvalue weighted by molar-refractivity contribution is -0.119. The molecule has 186 valence electrons. The number of nitrogens with zero attached hydrogens (tertiary/aromatic N) is 3. The largest absolute Gasteiger partial charge is 0.507 e. The molecule has 8 heteroatoms. The van der Waals surface area contributed by atoms with Gasteiger partial charge in [0.25, 0.3) is 5.91 Å². The Morgan fingerprint density at radius 3 is 2.36 bits per heavy atom. The van der Waals surface area contributed by atoms with Gasteiger partial charge in [-0.3, -0.25) is 9.59 Å². The minimum absolute atomic E-state index is 0.0959. The molecular formula is C28H29N3O5. The first-order valence-corrected chi connectivity index (χ1v) is 11.9. The Balaban J connectivity index is 1.45. The zero-order valence-corrected chi connectivity index (χ0v) is 20.3. The Hall–Kier alpha value is -4.04. The van der Waals surface area contributed by atoms with Crippen molar-refractivity contribution in [3.63, 3.8) is 0 Å². The van der Waals surface area contributed by atoms with Gasteiger partial charge in [-0.05, 0) is 54.5 Å². The summed E-state index contributed by atoms with van der Waals surface area (Å²) in [6.45, 7) is 2.57. The summed E-state index contributed by atoms with van der Waals surface area (Å²) < 4.78 is 5.84. The number of benzene rings is 3. The van der Waals surface area contributed by atoms with Crippen LogP contribution in [0.2, 0.25) is 0 Å². The Bertz CT molecular complexity index is 1300. The Kier molecular flexibility index (Phi) is 6.28. The second-order valence-corrected chi connectivity index (χ2v) is 9.55. The summed E-state index contributed by atoms with van der Waals surface area (Å²) in [4.78, 5) is 30.7. The number of hydrogen-bond acceptors (Lipinski definition) is 6. The van der Waals surface area contributed by atoms with Crippen LogP contribution in [0.1, 0.15) is 44.2 Å². The fraction of sp³-hybridized carbons (Fsp3) is 0.286. The SMILES string of the molecule is CN(C)CCOc1ccc2c(c1)CN(C=O)C2c1cc(C(=O)N2Cc3ccccc3C2)c(O)cc1O. The van der Waals surface area contributed by atoms with E-state index in [-0.39, 0.29) is 23.0 Å². The number of amides is 2. The van der Waals surface area contributed by atoms with Crippen molar-refractivity contribution in [2.45, 2.75) is 25.7 Å². The number of hydrogen-bond donors (Lipinski definition) is 2. The van der Waals surface area contributed by atoms with Crippen molar-refractivity contribution >= 4 is 12.3 Å². The monoisotopic (exact) mass is 487 g/mol. The number of phenols is 2. The maximum Gasteiger partial charge on any atom is 0.258 e. The summed E-state index contributed by atoms with van der Waals surface area (Å²) >= 11 is 0. The molecule has 5 rings (SSSR count). The third-order valence-corrected chi connectivity index (χ3v) is 6.83. The molecule has 0 saturated carbocycles. The summed E-state index contributed by atoms with van der Waals surface area (Å²) in [6, 6.07) is 15.6. The van der Waals surface area contributed by atoms with Gasteiger partial charge in [-0.15, -0.1) is 0 Å². The van der Waals surface area contributed by atoms with E-state index in [1.165, 1.54) is 12.1 Å². The number of ether oxygens (including phenoxy) is 1. The molecule has 3 aromatic carbocycles. The predicted octanol–water partition coefficient (Wildman–Crippen LogP) is 3.26. The second-order valence-electron chi connectivity index (χ2n) is 9.55. The van der Waals surface area contributed by atoms with Crippen molar-refractivity contribution in [3.8, 4) is 17.2 Å². The van der Waals surface area contributed by atoms with Crippen molar-refractivity contribution in [1.29, 1.82) is 0 Å². The zero-order chi connectivity index (χ0) is 25.4. The molecule has 1 atom stereocenters. The van der Waals surface area contributed by atoms with E-state index in [1.807, 2.05) is 61.5 Å². The molecule has 0 radical (unpaired) electrons. The molecule has 0 fully saturated rings. The number of carbonyl (C=O) groups is 2. The van der Waals surface area contributed by atoms with E-state index in [1.54, 1.807) is 9.80 Å².